The molecule has 2 heterocycles. The van der Waals surface area contributed by atoms with Gasteiger partial charge in [-0.15, -0.1) is 12.4 Å². The molecule has 0 spiro atoms. The minimum atomic E-state index is -0.0550. The fourth-order valence-corrected chi connectivity index (χ4v) is 3.34. The maximum absolute atomic E-state index is 14.3. The third kappa shape index (κ3) is 3.87. The van der Waals surface area contributed by atoms with Crippen molar-refractivity contribution >= 4 is 18.1 Å². The summed E-state index contributed by atoms with van der Waals surface area (Å²) in [7, 11) is 0. The van der Waals surface area contributed by atoms with Crippen LogP contribution in [-0.2, 0) is 6.54 Å². The molecular weight excluding hydrogens is 289 g/mol. The number of benzene rings is 1. The van der Waals surface area contributed by atoms with Gasteiger partial charge in [0, 0.05) is 56.6 Å². The highest BCUT2D eigenvalue weighted by Gasteiger charge is 2.22. The zero-order valence-electron chi connectivity index (χ0n) is 12.6. The van der Waals surface area contributed by atoms with Crippen molar-refractivity contribution in [3.05, 3.63) is 29.6 Å². The normalized spacial score (nSPS) is 23.1. The summed E-state index contributed by atoms with van der Waals surface area (Å²) in [5, 5.41) is 3.44. The van der Waals surface area contributed by atoms with Crippen molar-refractivity contribution < 1.29 is 4.39 Å². The summed E-state index contributed by atoms with van der Waals surface area (Å²) in [5.41, 5.74) is 1.98. The molecule has 2 aliphatic rings. The number of piperazine rings is 1. The lowest BCUT2D eigenvalue weighted by molar-refractivity contribution is 0.197. The monoisotopic (exact) mass is 313 g/mol. The van der Waals surface area contributed by atoms with Gasteiger partial charge >= 0.3 is 0 Å². The molecule has 2 fully saturated rings. The second kappa shape index (κ2) is 7.43. The first kappa shape index (κ1) is 16.5. The lowest BCUT2D eigenvalue weighted by atomic mass is 10.1. The van der Waals surface area contributed by atoms with E-state index >= 15 is 0 Å². The van der Waals surface area contributed by atoms with Crippen molar-refractivity contribution in [2.24, 2.45) is 0 Å². The minimum absolute atomic E-state index is 0. The van der Waals surface area contributed by atoms with Gasteiger partial charge in [-0.2, -0.15) is 0 Å². The Kier molecular flexibility index (Phi) is 5.85. The van der Waals surface area contributed by atoms with E-state index in [2.05, 4.69) is 28.1 Å². The number of hydrogen-bond donors (Lipinski definition) is 1. The summed E-state index contributed by atoms with van der Waals surface area (Å²) < 4.78 is 14.3. The van der Waals surface area contributed by atoms with Crippen LogP contribution in [0.1, 0.15) is 25.3 Å². The molecule has 1 atom stereocenters. The van der Waals surface area contributed by atoms with Crippen LogP contribution in [0.3, 0.4) is 0 Å². The van der Waals surface area contributed by atoms with Crippen LogP contribution in [0.15, 0.2) is 18.2 Å². The van der Waals surface area contributed by atoms with Crippen LogP contribution in [0.4, 0.5) is 10.1 Å². The molecule has 0 amide bonds. The molecule has 1 aromatic rings. The third-order valence-electron chi connectivity index (χ3n) is 4.38. The fourth-order valence-electron chi connectivity index (χ4n) is 3.34. The van der Waals surface area contributed by atoms with E-state index in [1.807, 2.05) is 6.07 Å². The van der Waals surface area contributed by atoms with E-state index in [9.17, 15) is 4.39 Å². The van der Waals surface area contributed by atoms with Crippen molar-refractivity contribution in [2.45, 2.75) is 32.4 Å². The summed E-state index contributed by atoms with van der Waals surface area (Å²) in [6, 6.07) is 6.01. The quantitative estimate of drug-likeness (QED) is 0.925. The molecule has 0 saturated carbocycles. The summed E-state index contributed by atoms with van der Waals surface area (Å²) in [5.74, 6) is -0.0550. The maximum Gasteiger partial charge on any atom is 0.129 e. The number of hydrogen-bond acceptors (Lipinski definition) is 3. The van der Waals surface area contributed by atoms with E-state index in [0.717, 1.165) is 50.5 Å². The first-order chi connectivity index (χ1) is 9.74. The Bertz CT molecular complexity index is 463. The molecule has 1 aromatic carbocycles. The molecule has 5 heteroatoms. The first-order valence-electron chi connectivity index (χ1n) is 7.72. The number of anilines is 1. The molecule has 3 nitrogen and oxygen atoms in total. The van der Waals surface area contributed by atoms with Crippen molar-refractivity contribution in [3.8, 4) is 0 Å². The Morgan fingerprint density at radius 2 is 2.00 bits per heavy atom. The van der Waals surface area contributed by atoms with Crippen molar-refractivity contribution in [2.75, 3.05) is 37.6 Å². The van der Waals surface area contributed by atoms with Crippen LogP contribution in [-0.4, -0.2) is 43.7 Å². The highest BCUT2D eigenvalue weighted by atomic mass is 35.5. The van der Waals surface area contributed by atoms with Crippen molar-refractivity contribution in [1.82, 2.24) is 10.2 Å². The van der Waals surface area contributed by atoms with Gasteiger partial charge < -0.3 is 10.2 Å². The molecule has 118 valence electrons. The van der Waals surface area contributed by atoms with Crippen LogP contribution in [0.2, 0.25) is 0 Å². The number of nitrogens with one attached hydrogen (secondary N) is 1. The molecule has 0 bridgehead atoms. The zero-order valence-corrected chi connectivity index (χ0v) is 13.5. The highest BCUT2D eigenvalue weighted by Crippen LogP contribution is 2.28. The van der Waals surface area contributed by atoms with Crippen LogP contribution in [0.5, 0.6) is 0 Å². The van der Waals surface area contributed by atoms with E-state index in [4.69, 9.17) is 0 Å². The van der Waals surface area contributed by atoms with Crippen molar-refractivity contribution in [3.63, 3.8) is 0 Å². The molecular formula is C16H25ClFN3. The summed E-state index contributed by atoms with van der Waals surface area (Å²) >= 11 is 0. The van der Waals surface area contributed by atoms with Gasteiger partial charge in [0.25, 0.3) is 0 Å². The first-order valence-corrected chi connectivity index (χ1v) is 7.72. The van der Waals surface area contributed by atoms with Crippen LogP contribution < -0.4 is 10.2 Å². The summed E-state index contributed by atoms with van der Waals surface area (Å²) in [6.45, 7) is 8.03. The lowest BCUT2D eigenvalue weighted by Gasteiger charge is -2.33. The summed E-state index contributed by atoms with van der Waals surface area (Å²) in [4.78, 5) is 4.70. The largest absolute Gasteiger partial charge is 0.371 e. The smallest absolute Gasteiger partial charge is 0.129 e. The van der Waals surface area contributed by atoms with E-state index in [0.29, 0.717) is 6.04 Å². The molecule has 0 unspecified atom stereocenters. The minimum Gasteiger partial charge on any atom is -0.371 e. The van der Waals surface area contributed by atoms with Crippen LogP contribution in [0.25, 0.3) is 0 Å². The molecule has 21 heavy (non-hydrogen) atoms. The highest BCUT2D eigenvalue weighted by molar-refractivity contribution is 5.85. The average molecular weight is 314 g/mol. The van der Waals surface area contributed by atoms with Gasteiger partial charge in [0.15, 0.2) is 0 Å². The summed E-state index contributed by atoms with van der Waals surface area (Å²) in [6.07, 6.45) is 2.45. The second-order valence-corrected chi connectivity index (χ2v) is 6.02. The van der Waals surface area contributed by atoms with Gasteiger partial charge in [-0.1, -0.05) is 6.07 Å². The SMILES string of the molecule is C[C@H]1CN(Cc2c(F)cccc2N2CCCC2)CCN1.Cl. The molecule has 0 aliphatic carbocycles. The molecule has 2 saturated heterocycles. The Morgan fingerprint density at radius 1 is 1.24 bits per heavy atom. The third-order valence-corrected chi connectivity index (χ3v) is 4.38. The number of rotatable bonds is 3. The van der Waals surface area contributed by atoms with E-state index in [1.165, 1.54) is 12.8 Å². The van der Waals surface area contributed by atoms with Gasteiger partial charge in [-0.3, -0.25) is 4.90 Å². The molecule has 1 N–H and O–H groups in total. The Morgan fingerprint density at radius 3 is 2.71 bits per heavy atom. The maximum atomic E-state index is 14.3. The molecule has 0 aromatic heterocycles. The topological polar surface area (TPSA) is 18.5 Å². The second-order valence-electron chi connectivity index (χ2n) is 6.02. The van der Waals surface area contributed by atoms with Gasteiger partial charge in [0.1, 0.15) is 5.82 Å². The zero-order chi connectivity index (χ0) is 13.9. The van der Waals surface area contributed by atoms with E-state index in [1.54, 1.807) is 6.07 Å². The Balaban J connectivity index is 0.00000161. The number of halogens is 2. The molecule has 3 rings (SSSR count). The lowest BCUT2D eigenvalue weighted by Crippen LogP contribution is -2.48. The van der Waals surface area contributed by atoms with Gasteiger partial charge in [-0.25, -0.2) is 4.39 Å². The van der Waals surface area contributed by atoms with E-state index < -0.39 is 0 Å². The van der Waals surface area contributed by atoms with Gasteiger partial charge in [0.2, 0.25) is 0 Å². The fraction of sp³-hybridized carbons (Fsp3) is 0.625. The average Bonchev–Trinajstić information content (AvgIpc) is 2.95. The Labute approximate surface area is 132 Å². The van der Waals surface area contributed by atoms with Crippen LogP contribution >= 0.6 is 12.4 Å². The van der Waals surface area contributed by atoms with Crippen LogP contribution in [0, 0.1) is 5.82 Å². The number of nitrogens with zero attached hydrogens (tertiary/aromatic N) is 2. The predicted octanol–water partition coefficient (Wildman–Crippen LogP) is 2.64. The van der Waals surface area contributed by atoms with E-state index in [-0.39, 0.29) is 18.2 Å². The Hall–Kier alpha value is -0.840. The molecule has 0 radical (unpaired) electrons. The van der Waals surface area contributed by atoms with Gasteiger partial charge in [-0.05, 0) is 31.9 Å². The molecule has 2 aliphatic heterocycles. The standard InChI is InChI=1S/C16H24FN3.ClH/c1-13-11-19(10-7-18-13)12-14-15(17)5-4-6-16(14)20-8-2-3-9-20;/h4-6,13,18H,2-3,7-12H2,1H3;1H/t13-;/m0./s1. The van der Waals surface area contributed by atoms with Gasteiger partial charge in [0.05, 0.1) is 0 Å². The predicted molar refractivity (Wildman–Crippen MR) is 87.8 cm³/mol. The van der Waals surface area contributed by atoms with Crippen molar-refractivity contribution in [1.29, 1.82) is 0 Å².